The summed E-state index contributed by atoms with van der Waals surface area (Å²) in [5.41, 5.74) is 0.733. The van der Waals surface area contributed by atoms with Crippen LogP contribution in [0.3, 0.4) is 0 Å². The van der Waals surface area contributed by atoms with Crippen LogP contribution in [0.5, 0.6) is 0 Å². The number of aromatic nitrogens is 4. The van der Waals surface area contributed by atoms with Crippen LogP contribution in [0.25, 0.3) is 98.0 Å². The monoisotopic (exact) mass is 726 g/mol. The van der Waals surface area contributed by atoms with Gasteiger partial charge >= 0.3 is 0 Å². The van der Waals surface area contributed by atoms with Gasteiger partial charge in [0.1, 0.15) is 11.3 Å². The van der Waals surface area contributed by atoms with E-state index in [9.17, 15) is 19.2 Å². The quantitative estimate of drug-likeness (QED) is 0.0645. The van der Waals surface area contributed by atoms with Crippen LogP contribution in [0, 0.1) is 0 Å². The van der Waals surface area contributed by atoms with Crippen LogP contribution in [0.2, 0.25) is 0 Å². The van der Waals surface area contributed by atoms with E-state index in [4.69, 9.17) is 20.5 Å². The smallest absolute Gasteiger partial charge is 0.264 e. The fourth-order valence-corrected chi connectivity index (χ4v) is 8.86. The molecule has 7 aromatic carbocycles. The molecule has 14 nitrogen and oxygen atoms in total. The van der Waals surface area contributed by atoms with Gasteiger partial charge in [-0.25, -0.2) is 20.5 Å². The SMILES string of the molecule is O=c1cc2c(=O)n3c4cc(SOOO)ccc4nc3c3ccc4c5ccc6c7c(cc(=O)c(c1c4c23)c57)c(=O)n1c2cc(SOOO)ccc2nc61. The van der Waals surface area contributed by atoms with Gasteiger partial charge in [0, 0.05) is 52.9 Å². The fraction of sp³-hybridized carbons (Fsp3) is 0. The van der Waals surface area contributed by atoms with Gasteiger partial charge < -0.3 is 0 Å². The van der Waals surface area contributed by atoms with Crippen LogP contribution in [0.1, 0.15) is 0 Å². The van der Waals surface area contributed by atoms with E-state index in [1.807, 2.05) is 24.3 Å². The van der Waals surface area contributed by atoms with E-state index in [1.165, 1.54) is 20.9 Å². The van der Waals surface area contributed by atoms with E-state index in [-0.39, 0.29) is 21.5 Å². The second-order valence-electron chi connectivity index (χ2n) is 12.3. The molecule has 16 heteroatoms. The maximum absolute atomic E-state index is 14.3. The number of hydrogen-bond donors (Lipinski definition) is 2. The third-order valence-corrected chi connectivity index (χ3v) is 11.1. The summed E-state index contributed by atoms with van der Waals surface area (Å²) in [6, 6.07) is 20.1. The van der Waals surface area contributed by atoms with Gasteiger partial charge in [0.2, 0.25) is 0 Å². The molecule has 0 amide bonds. The molecule has 11 aromatic rings. The number of nitrogens with zero attached hydrogens (tertiary/aromatic N) is 4. The van der Waals surface area contributed by atoms with Gasteiger partial charge in [-0.3, -0.25) is 28.0 Å². The fourth-order valence-electron chi connectivity index (χ4n) is 8.07. The predicted octanol–water partition coefficient (Wildman–Crippen LogP) is 6.26. The first-order valence-corrected chi connectivity index (χ1v) is 16.9. The highest BCUT2D eigenvalue weighted by atomic mass is 32.2. The molecular weight excluding hydrogens is 713 g/mol. The molecule has 0 aliphatic heterocycles. The van der Waals surface area contributed by atoms with Crippen molar-refractivity contribution in [1.82, 2.24) is 18.8 Å². The van der Waals surface area contributed by atoms with Crippen LogP contribution in [0.4, 0.5) is 0 Å². The highest BCUT2D eigenvalue weighted by Crippen LogP contribution is 2.44. The molecule has 2 N–H and O–H groups in total. The molecule has 0 saturated carbocycles. The molecule has 52 heavy (non-hydrogen) atoms. The Labute approximate surface area is 293 Å². The van der Waals surface area contributed by atoms with Crippen molar-refractivity contribution in [3.8, 4) is 0 Å². The molecule has 0 fully saturated rings. The van der Waals surface area contributed by atoms with Crippen LogP contribution in [-0.2, 0) is 18.7 Å². The lowest BCUT2D eigenvalue weighted by Crippen LogP contribution is -2.18. The third-order valence-electron chi connectivity index (χ3n) is 9.96. The summed E-state index contributed by atoms with van der Waals surface area (Å²) in [6.45, 7) is 0. The predicted molar refractivity (Wildman–Crippen MR) is 195 cm³/mol. The van der Waals surface area contributed by atoms with Gasteiger partial charge in [0.05, 0.1) is 56.9 Å². The Kier molecular flexibility index (Phi) is 5.96. The van der Waals surface area contributed by atoms with Gasteiger partial charge in [0.15, 0.2) is 10.9 Å². The number of pyridine rings is 2. The van der Waals surface area contributed by atoms with Gasteiger partial charge in [-0.05, 0) is 71.4 Å². The molecule has 0 atom stereocenters. The number of benzene rings is 7. The van der Waals surface area contributed by atoms with Crippen LogP contribution in [-0.4, -0.2) is 29.3 Å². The maximum atomic E-state index is 14.3. The molecule has 0 bridgehead atoms. The number of hydrogen-bond acceptors (Lipinski definition) is 14. The highest BCUT2D eigenvalue weighted by Gasteiger charge is 2.27. The first-order valence-electron chi connectivity index (χ1n) is 15.4. The van der Waals surface area contributed by atoms with Gasteiger partial charge in [-0.1, -0.05) is 22.2 Å². The van der Waals surface area contributed by atoms with Crippen LogP contribution in [0.15, 0.2) is 102 Å². The molecule has 0 saturated heterocycles. The lowest BCUT2D eigenvalue weighted by molar-refractivity contribution is -0.432. The van der Waals surface area contributed by atoms with E-state index in [2.05, 4.69) is 18.7 Å². The highest BCUT2D eigenvalue weighted by molar-refractivity contribution is 7.94. The van der Waals surface area contributed by atoms with Gasteiger partial charge in [0.25, 0.3) is 11.1 Å². The van der Waals surface area contributed by atoms with Crippen molar-refractivity contribution in [3.63, 3.8) is 0 Å². The number of fused-ring (bicyclic) bond motifs is 10. The van der Waals surface area contributed by atoms with Crippen LogP contribution >= 0.6 is 24.1 Å². The summed E-state index contributed by atoms with van der Waals surface area (Å²) in [7, 11) is 0. The Morgan fingerprint density at radius 2 is 0.904 bits per heavy atom. The molecule has 4 aromatic heterocycles. The van der Waals surface area contributed by atoms with Crippen LogP contribution < -0.4 is 22.0 Å². The first-order chi connectivity index (χ1) is 25.4. The van der Waals surface area contributed by atoms with Gasteiger partial charge in [-0.15, -0.1) is 8.67 Å². The zero-order chi connectivity index (χ0) is 35.2. The molecular formula is C36H14N4O10S2. The zero-order valence-electron chi connectivity index (χ0n) is 25.7. The molecule has 11 rings (SSSR count). The molecule has 4 heterocycles. The average Bonchev–Trinajstić information content (AvgIpc) is 3.73. The molecule has 0 aliphatic rings. The molecule has 0 unspecified atom stereocenters. The Morgan fingerprint density at radius 1 is 0.481 bits per heavy atom. The summed E-state index contributed by atoms with van der Waals surface area (Å²) >= 11 is 1.48. The number of rotatable bonds is 6. The van der Waals surface area contributed by atoms with E-state index >= 15 is 0 Å². The first kappa shape index (κ1) is 29.9. The molecule has 0 aliphatic carbocycles. The van der Waals surface area contributed by atoms with Crippen molar-refractivity contribution < 1.29 is 29.3 Å². The normalized spacial score (nSPS) is 12.8. The van der Waals surface area contributed by atoms with E-state index < -0.39 is 22.0 Å². The number of imidazole rings is 2. The van der Waals surface area contributed by atoms with Gasteiger partial charge in [-0.2, -0.15) is 0 Å². The topological polar surface area (TPSA) is 180 Å². The Morgan fingerprint density at radius 3 is 1.33 bits per heavy atom. The minimum Gasteiger partial charge on any atom is -0.289 e. The molecule has 0 radical (unpaired) electrons. The molecule has 250 valence electrons. The molecule has 0 spiro atoms. The van der Waals surface area contributed by atoms with Crippen molar-refractivity contribution in [1.29, 1.82) is 0 Å². The maximum Gasteiger partial charge on any atom is 0.264 e. The van der Waals surface area contributed by atoms with Crippen molar-refractivity contribution in [2.75, 3.05) is 0 Å². The second kappa shape index (κ2) is 10.4. The summed E-state index contributed by atoms with van der Waals surface area (Å²) in [5, 5.41) is 29.7. The van der Waals surface area contributed by atoms with E-state index in [0.29, 0.717) is 86.2 Å². The minimum atomic E-state index is -0.510. The van der Waals surface area contributed by atoms with Crippen molar-refractivity contribution >= 4 is 122 Å². The van der Waals surface area contributed by atoms with Crippen molar-refractivity contribution in [3.05, 3.63) is 114 Å². The minimum absolute atomic E-state index is 0.160. The summed E-state index contributed by atoms with van der Waals surface area (Å²) in [6.07, 6.45) is 0. The van der Waals surface area contributed by atoms with E-state index in [1.54, 1.807) is 36.4 Å². The average molecular weight is 727 g/mol. The van der Waals surface area contributed by atoms with Crippen molar-refractivity contribution in [2.45, 2.75) is 9.79 Å². The lowest BCUT2D eigenvalue weighted by atomic mass is 9.86. The van der Waals surface area contributed by atoms with E-state index in [0.717, 1.165) is 24.1 Å². The van der Waals surface area contributed by atoms with Crippen molar-refractivity contribution in [2.24, 2.45) is 0 Å². The Hall–Kier alpha value is -5.82. The Bertz CT molecular complexity index is 3380. The largest absolute Gasteiger partial charge is 0.289 e. The standard InChI is InChI=1S/C36H14N4O10S2/c41-25-11-19-27-17(33-37-21-7-1-13(51-49-47-45)9-23(21)39(33)35(19)43)5-3-15-16-4-6-18-28-20(12-26(42)32(30(16)28)31(25)29(15)27)36(44)40-24-10-14(52-50-48-46)2-8-22(24)38-34(18)40/h1-12,45-46H. The third kappa shape index (κ3) is 3.65. The zero-order valence-corrected chi connectivity index (χ0v) is 27.3. The lowest BCUT2D eigenvalue weighted by Gasteiger charge is -2.17. The second-order valence-corrected chi connectivity index (χ2v) is 13.9. The summed E-state index contributed by atoms with van der Waals surface area (Å²) < 4.78 is 12.0. The summed E-state index contributed by atoms with van der Waals surface area (Å²) in [4.78, 5) is 67.6. The summed E-state index contributed by atoms with van der Waals surface area (Å²) in [5.74, 6) is 0. The Balaban J connectivity index is 1.29.